The largest absolute Gasteiger partial charge is 0.497 e. The van der Waals surface area contributed by atoms with E-state index >= 15 is 0 Å². The van der Waals surface area contributed by atoms with Gasteiger partial charge in [-0.3, -0.25) is 28.8 Å². The Bertz CT molecular complexity index is 3160. The van der Waals surface area contributed by atoms with Crippen LogP contribution in [0.1, 0.15) is 83.8 Å². The van der Waals surface area contributed by atoms with Gasteiger partial charge in [-0.05, 0) is 92.4 Å². The van der Waals surface area contributed by atoms with Crippen molar-refractivity contribution in [1.82, 2.24) is 19.6 Å². The number of nitrogens with zero attached hydrogens (tertiary/aromatic N) is 8. The van der Waals surface area contributed by atoms with E-state index in [2.05, 4.69) is 10.2 Å². The van der Waals surface area contributed by atoms with E-state index in [9.17, 15) is 28.8 Å². The molecule has 6 heterocycles. The summed E-state index contributed by atoms with van der Waals surface area (Å²) in [6.07, 6.45) is 2.24. The van der Waals surface area contributed by atoms with E-state index in [1.54, 1.807) is 86.3 Å². The predicted octanol–water partition coefficient (Wildman–Crippen LogP) is 4.34. The minimum Gasteiger partial charge on any atom is -0.497 e. The molecule has 0 saturated carbocycles. The molecule has 4 aromatic carbocycles. The molecule has 4 N–H and O–H groups in total. The fourth-order valence-corrected chi connectivity index (χ4v) is 10.1. The lowest BCUT2D eigenvalue weighted by molar-refractivity contribution is -0.118. The molecule has 2 saturated heterocycles. The number of fused-ring (bicyclic) bond motifs is 2. The summed E-state index contributed by atoms with van der Waals surface area (Å²) < 4.78 is 25.4. The average Bonchev–Trinajstić information content (AvgIpc) is 4.18. The lowest BCUT2D eigenvalue weighted by Crippen LogP contribution is -2.39. The highest BCUT2D eigenvalue weighted by molar-refractivity contribution is 6.11. The van der Waals surface area contributed by atoms with Gasteiger partial charge in [0.1, 0.15) is 28.6 Å². The summed E-state index contributed by atoms with van der Waals surface area (Å²) in [6.45, 7) is 1.46. The molecule has 358 valence electrons. The van der Waals surface area contributed by atoms with Crippen LogP contribution in [0.25, 0.3) is 11.4 Å². The number of anilines is 4. The first kappa shape index (κ1) is 45.1. The average molecular weight is 949 g/mol. The Hall–Kier alpha value is -8.68. The minimum absolute atomic E-state index is 0.00644. The van der Waals surface area contributed by atoms with Crippen LogP contribution in [0.15, 0.2) is 78.9 Å². The molecule has 2 aromatic heterocycles. The van der Waals surface area contributed by atoms with Crippen LogP contribution in [-0.4, -0.2) is 110 Å². The molecule has 2 fully saturated rings. The topological polar surface area (TPSA) is 240 Å². The molecule has 4 aliphatic heterocycles. The molecule has 1 unspecified atom stereocenters. The number of ether oxygens (including phenoxy) is 4. The van der Waals surface area contributed by atoms with Crippen LogP contribution >= 0.6 is 0 Å². The van der Waals surface area contributed by atoms with Gasteiger partial charge in [0.05, 0.1) is 40.0 Å². The molecule has 0 aliphatic carbocycles. The van der Waals surface area contributed by atoms with E-state index in [4.69, 9.17) is 30.4 Å². The van der Waals surface area contributed by atoms with Crippen molar-refractivity contribution >= 4 is 58.2 Å². The Morgan fingerprint density at radius 3 is 1.61 bits per heavy atom. The van der Waals surface area contributed by atoms with Crippen molar-refractivity contribution in [3.63, 3.8) is 0 Å². The number of carbonyl (C=O) groups excluding carboxylic acids is 6. The van der Waals surface area contributed by atoms with E-state index in [0.29, 0.717) is 94.7 Å². The zero-order chi connectivity index (χ0) is 49.1. The van der Waals surface area contributed by atoms with E-state index in [-0.39, 0.29) is 59.8 Å². The second-order valence-electron chi connectivity index (χ2n) is 17.1. The number of hydrogen-bond donors (Lipinski definition) is 2. The molecular weight excluding hydrogens is 901 g/mol. The SMILES string of the molecule is COc1ccc(-n2nc(C(N)=O)c3c2C(=O)N(c2ccc(N4CCC(c5cc(-n6nc(C(N)=O)c7c6C(=O)N(c6ccc(N8CCCC8=O)cc6)CC7)cc(OC)c5OC)C4=O)cc2)CC3)c(OC)c1. The minimum atomic E-state index is -0.795. The van der Waals surface area contributed by atoms with Crippen molar-refractivity contribution in [3.8, 4) is 34.4 Å². The Morgan fingerprint density at radius 2 is 1.10 bits per heavy atom. The standard InChI is InChI=1S/C50H48N10O10/c1-67-32-15-16-37(38(26-32)68-2)60-44-35(42(54-60)47(52)63)19-23-58(50(44)66)30-13-11-28(12-14-30)56-21-17-33(48(56)64)36-24-31(25-39(69-3)45(36)70-4)59-43-34(41(53-59)46(51)62)18-22-57(49(43)65)29-9-7-27(8-10-29)55-20-5-6-40(55)61/h7-16,24-26,33H,5-6,17-23H2,1-4H3,(H2,51,62)(H2,52,63). The van der Waals surface area contributed by atoms with Gasteiger partial charge in [0.2, 0.25) is 11.8 Å². The van der Waals surface area contributed by atoms with Gasteiger partial charge in [0.25, 0.3) is 23.6 Å². The van der Waals surface area contributed by atoms with Crippen molar-refractivity contribution in [2.24, 2.45) is 11.5 Å². The Labute approximate surface area is 400 Å². The van der Waals surface area contributed by atoms with Crippen LogP contribution in [0.5, 0.6) is 23.0 Å². The number of methoxy groups -OCH3 is 4. The lowest BCUT2D eigenvalue weighted by Gasteiger charge is -2.28. The van der Waals surface area contributed by atoms with Gasteiger partial charge >= 0.3 is 0 Å². The molecule has 4 aliphatic rings. The van der Waals surface area contributed by atoms with Crippen LogP contribution in [0, 0.1) is 0 Å². The van der Waals surface area contributed by atoms with Crippen molar-refractivity contribution in [3.05, 3.63) is 118 Å². The molecule has 10 rings (SSSR count). The molecule has 1 atom stereocenters. The Balaban J connectivity index is 0.934. The third-order valence-corrected chi connectivity index (χ3v) is 13.5. The maximum atomic E-state index is 14.6. The van der Waals surface area contributed by atoms with Gasteiger partial charge in [-0.25, -0.2) is 9.36 Å². The van der Waals surface area contributed by atoms with Crippen LogP contribution in [0.3, 0.4) is 0 Å². The van der Waals surface area contributed by atoms with Crippen molar-refractivity contribution in [2.75, 3.05) is 74.2 Å². The summed E-state index contributed by atoms with van der Waals surface area (Å²) in [5, 5.41) is 9.08. The summed E-state index contributed by atoms with van der Waals surface area (Å²) in [5.41, 5.74) is 16.4. The summed E-state index contributed by atoms with van der Waals surface area (Å²) >= 11 is 0. The van der Waals surface area contributed by atoms with Crippen molar-refractivity contribution < 1.29 is 47.7 Å². The number of hydrogen-bond acceptors (Lipinski definition) is 12. The van der Waals surface area contributed by atoms with E-state index in [0.717, 1.165) is 12.1 Å². The van der Waals surface area contributed by atoms with E-state index < -0.39 is 29.5 Å². The van der Waals surface area contributed by atoms with Crippen LogP contribution in [0.2, 0.25) is 0 Å². The lowest BCUT2D eigenvalue weighted by atomic mass is 9.95. The smallest absolute Gasteiger partial charge is 0.277 e. The molecule has 20 nitrogen and oxygen atoms in total. The van der Waals surface area contributed by atoms with Crippen molar-refractivity contribution in [2.45, 2.75) is 38.0 Å². The maximum Gasteiger partial charge on any atom is 0.277 e. The number of benzene rings is 4. The summed E-state index contributed by atoms with van der Waals surface area (Å²) in [7, 11) is 5.94. The molecular formula is C50H48N10O10. The molecule has 6 aromatic rings. The Morgan fingerprint density at radius 1 is 0.557 bits per heavy atom. The Kier molecular flexibility index (Phi) is 11.4. The number of nitrogens with two attached hydrogens (primary N) is 2. The first-order chi connectivity index (χ1) is 33.8. The molecule has 0 spiro atoms. The van der Waals surface area contributed by atoms with Gasteiger partial charge in [-0.2, -0.15) is 10.2 Å². The highest BCUT2D eigenvalue weighted by Crippen LogP contribution is 2.44. The van der Waals surface area contributed by atoms with Crippen LogP contribution < -0.4 is 50.0 Å². The van der Waals surface area contributed by atoms with Gasteiger partial charge in [0, 0.05) is 84.2 Å². The number of primary amides is 2. The first-order valence-corrected chi connectivity index (χ1v) is 22.6. The number of amides is 6. The second kappa shape index (κ2) is 17.8. The molecule has 0 bridgehead atoms. The number of carbonyl (C=O) groups is 6. The molecule has 70 heavy (non-hydrogen) atoms. The maximum absolute atomic E-state index is 14.6. The fourth-order valence-electron chi connectivity index (χ4n) is 10.1. The highest BCUT2D eigenvalue weighted by Gasteiger charge is 2.40. The highest BCUT2D eigenvalue weighted by atomic mass is 16.5. The molecule has 0 radical (unpaired) electrons. The van der Waals surface area contributed by atoms with Crippen LogP contribution in [-0.2, 0) is 22.4 Å². The number of aromatic nitrogens is 4. The van der Waals surface area contributed by atoms with Gasteiger partial charge < -0.3 is 50.0 Å². The fraction of sp³-hybridized carbons (Fsp3) is 0.280. The van der Waals surface area contributed by atoms with Gasteiger partial charge in [-0.1, -0.05) is 0 Å². The molecule has 6 amide bonds. The normalized spacial score (nSPS) is 16.7. The molecule has 20 heteroatoms. The van der Waals surface area contributed by atoms with Crippen LogP contribution in [0.4, 0.5) is 22.7 Å². The van der Waals surface area contributed by atoms with Gasteiger partial charge in [-0.15, -0.1) is 0 Å². The second-order valence-corrected chi connectivity index (χ2v) is 17.1. The zero-order valence-electron chi connectivity index (χ0n) is 38.8. The van der Waals surface area contributed by atoms with E-state index in [1.807, 2.05) is 12.1 Å². The summed E-state index contributed by atoms with van der Waals surface area (Å²) in [5.74, 6) is -1.82. The first-order valence-electron chi connectivity index (χ1n) is 22.6. The summed E-state index contributed by atoms with van der Waals surface area (Å²) in [4.78, 5) is 87.8. The monoisotopic (exact) mass is 948 g/mol. The number of rotatable bonds is 13. The third kappa shape index (κ3) is 7.38. The van der Waals surface area contributed by atoms with E-state index in [1.165, 1.54) is 37.8 Å². The zero-order valence-corrected chi connectivity index (χ0v) is 38.8. The summed E-state index contributed by atoms with van der Waals surface area (Å²) in [6, 6.07) is 22.6. The quantitative estimate of drug-likeness (QED) is 0.164. The third-order valence-electron chi connectivity index (χ3n) is 13.5. The van der Waals surface area contributed by atoms with Gasteiger partial charge in [0.15, 0.2) is 22.9 Å². The predicted molar refractivity (Wildman–Crippen MR) is 255 cm³/mol. The van der Waals surface area contributed by atoms with Crippen molar-refractivity contribution in [1.29, 1.82) is 0 Å².